The molecule has 0 saturated heterocycles. The summed E-state index contributed by atoms with van der Waals surface area (Å²) in [6.07, 6.45) is 44.3. The number of carbonyl (C=O) groups excluding carboxylic acids is 2. The van der Waals surface area contributed by atoms with Crippen molar-refractivity contribution in [3.63, 3.8) is 0 Å². The van der Waals surface area contributed by atoms with E-state index in [0.29, 0.717) is 17.6 Å². The quantitative estimate of drug-likeness (QED) is 0.0515. The highest BCUT2D eigenvalue weighted by atomic mass is 16.5. The minimum atomic E-state index is -0.284. The number of carbonyl (C=O) groups is 2. The molecule has 0 aliphatic heterocycles. The van der Waals surface area contributed by atoms with Gasteiger partial charge in [0.2, 0.25) is 23.1 Å². The molecule has 0 aromatic carbocycles. The summed E-state index contributed by atoms with van der Waals surface area (Å²) in [6.45, 7) is 26.3. The summed E-state index contributed by atoms with van der Waals surface area (Å²) >= 11 is 0. The van der Waals surface area contributed by atoms with Crippen molar-refractivity contribution in [1.29, 1.82) is 0 Å². The van der Waals surface area contributed by atoms with Gasteiger partial charge in [-0.05, 0) is 205 Å². The zero-order valence-electron chi connectivity index (χ0n) is 42.8. The highest BCUT2D eigenvalue weighted by Crippen LogP contribution is 2.28. The molecule has 1 aliphatic carbocycles. The Kier molecular flexibility index (Phi) is 30.1. The average Bonchev–Trinajstić information content (AvgIpc) is 3.21. The van der Waals surface area contributed by atoms with E-state index in [1.165, 1.54) is 89.2 Å². The van der Waals surface area contributed by atoms with E-state index < -0.39 is 0 Å². The van der Waals surface area contributed by atoms with Crippen molar-refractivity contribution in [2.75, 3.05) is 14.2 Å². The normalized spacial score (nSPS) is 15.9. The van der Waals surface area contributed by atoms with Gasteiger partial charge in [-0.2, -0.15) is 0 Å². The minimum Gasteiger partial charge on any atom is -0.489 e. The van der Waals surface area contributed by atoms with Gasteiger partial charge < -0.3 is 9.47 Å². The molecule has 0 atom stereocenters. The molecule has 0 aromatic heterocycles. The molecule has 0 unspecified atom stereocenters. The van der Waals surface area contributed by atoms with Crippen LogP contribution in [0.1, 0.15) is 205 Å². The van der Waals surface area contributed by atoms with Crippen LogP contribution in [-0.4, -0.2) is 25.8 Å². The smallest absolute Gasteiger partial charge is 0.228 e. The number of hydrogen-bond acceptors (Lipinski definition) is 4. The predicted octanol–water partition coefficient (Wildman–Crippen LogP) is 17.9. The third kappa shape index (κ3) is 26.3. The van der Waals surface area contributed by atoms with E-state index in [4.69, 9.17) is 9.47 Å². The average molecular weight is 863 g/mol. The lowest BCUT2D eigenvalue weighted by Gasteiger charge is -2.19. The topological polar surface area (TPSA) is 52.6 Å². The maximum atomic E-state index is 12.9. The molecule has 0 saturated carbocycles. The molecule has 4 nitrogen and oxygen atoms in total. The van der Waals surface area contributed by atoms with Crippen molar-refractivity contribution in [2.24, 2.45) is 0 Å². The number of methoxy groups -OCH3 is 2. The lowest BCUT2D eigenvalue weighted by Crippen LogP contribution is -2.24. The first-order valence-electron chi connectivity index (χ1n) is 24.1. The van der Waals surface area contributed by atoms with Crippen LogP contribution in [0.2, 0.25) is 0 Å². The van der Waals surface area contributed by atoms with E-state index in [0.717, 1.165) is 96.3 Å². The maximum absolute atomic E-state index is 12.9. The second-order valence-corrected chi connectivity index (χ2v) is 18.6. The molecular weight excluding hydrogens is 773 g/mol. The predicted molar refractivity (Wildman–Crippen MR) is 275 cm³/mol. The van der Waals surface area contributed by atoms with Gasteiger partial charge in [0.05, 0.1) is 14.2 Å². The van der Waals surface area contributed by atoms with Crippen molar-refractivity contribution < 1.29 is 19.1 Å². The number of ketones is 2. The Morgan fingerprint density at radius 3 is 0.810 bits per heavy atom. The first-order valence-corrected chi connectivity index (χ1v) is 24.1. The molecule has 0 N–H and O–H groups in total. The van der Waals surface area contributed by atoms with E-state index in [2.05, 4.69) is 137 Å². The van der Waals surface area contributed by atoms with Gasteiger partial charge in [-0.3, -0.25) is 9.59 Å². The van der Waals surface area contributed by atoms with Crippen LogP contribution >= 0.6 is 0 Å². The Bertz CT molecular complexity index is 1840. The Hall–Kier alpha value is -4.18. The van der Waals surface area contributed by atoms with Gasteiger partial charge in [0.25, 0.3) is 0 Å². The fourth-order valence-electron chi connectivity index (χ4n) is 7.59. The van der Waals surface area contributed by atoms with Gasteiger partial charge in [-0.25, -0.2) is 0 Å². The zero-order chi connectivity index (χ0) is 47.2. The van der Waals surface area contributed by atoms with Crippen molar-refractivity contribution in [3.8, 4) is 0 Å². The third-order valence-electron chi connectivity index (χ3n) is 12.1. The van der Waals surface area contributed by atoms with Gasteiger partial charge in [-0.1, -0.05) is 116 Å². The van der Waals surface area contributed by atoms with Crippen LogP contribution in [0.15, 0.2) is 139 Å². The highest BCUT2D eigenvalue weighted by molar-refractivity contribution is 6.23. The van der Waals surface area contributed by atoms with Crippen molar-refractivity contribution in [1.82, 2.24) is 0 Å². The molecule has 0 aromatic rings. The summed E-state index contributed by atoms with van der Waals surface area (Å²) in [7, 11) is 2.78. The number of hydrogen-bond donors (Lipinski definition) is 0. The van der Waals surface area contributed by atoms with Crippen molar-refractivity contribution >= 4 is 11.6 Å². The van der Waals surface area contributed by atoms with Crippen LogP contribution in [-0.2, 0) is 19.1 Å². The Labute approximate surface area is 387 Å². The second-order valence-electron chi connectivity index (χ2n) is 18.6. The van der Waals surface area contributed by atoms with Crippen LogP contribution in [0.25, 0.3) is 0 Å². The molecule has 1 aliphatic rings. The Balaban J connectivity index is 2.31. The van der Waals surface area contributed by atoms with Gasteiger partial charge in [0.15, 0.2) is 0 Å². The fourth-order valence-corrected chi connectivity index (χ4v) is 7.59. The minimum absolute atomic E-state index is 0.00667. The number of ether oxygens (including phenoxy) is 2. The van der Waals surface area contributed by atoms with Gasteiger partial charge >= 0.3 is 0 Å². The molecule has 0 bridgehead atoms. The molecule has 63 heavy (non-hydrogen) atoms. The van der Waals surface area contributed by atoms with Crippen LogP contribution in [0.4, 0.5) is 0 Å². The lowest BCUT2D eigenvalue weighted by molar-refractivity contribution is -0.121. The molecule has 0 amide bonds. The van der Waals surface area contributed by atoms with Crippen LogP contribution < -0.4 is 0 Å². The van der Waals surface area contributed by atoms with Gasteiger partial charge in [-0.15, -0.1) is 0 Å². The van der Waals surface area contributed by atoms with Gasteiger partial charge in [0.1, 0.15) is 0 Å². The summed E-state index contributed by atoms with van der Waals surface area (Å²) in [4.78, 5) is 25.5. The van der Waals surface area contributed by atoms with E-state index in [-0.39, 0.29) is 23.1 Å². The molecule has 0 radical (unpaired) electrons. The number of rotatable bonds is 31. The highest BCUT2D eigenvalue weighted by Gasteiger charge is 2.34. The molecular formula is C59H90O4. The summed E-state index contributed by atoms with van der Waals surface area (Å²) in [5.74, 6) is -0.572. The second kappa shape index (κ2) is 33.3. The number of Topliss-reactive ketones (excluding diaryl/α,β-unsaturated/α-hetero) is 2. The zero-order valence-corrected chi connectivity index (χ0v) is 42.8. The fraction of sp³-hybridized carbons (Fsp3) is 0.559. The molecule has 0 heterocycles. The molecule has 0 fully saturated rings. The Morgan fingerprint density at radius 2 is 0.571 bits per heavy atom. The van der Waals surface area contributed by atoms with E-state index >= 15 is 0 Å². The summed E-state index contributed by atoms with van der Waals surface area (Å²) in [5, 5.41) is 0. The SMILES string of the molecule is COC1=C(OC)C(=O)C(C/C=C(\C)CC/C=C(\C)CC/C=C(\C)CC/C=C(\C)CC/C=C(\C)CC/C=C(\C)CC/C=C(\C)CC/C=C(\C)CC/C=C(/C)CCC=C(C)C)=C(C)C1=O. The Morgan fingerprint density at radius 1 is 0.349 bits per heavy atom. The van der Waals surface area contributed by atoms with Crippen LogP contribution in [0.5, 0.6) is 0 Å². The van der Waals surface area contributed by atoms with Crippen molar-refractivity contribution in [3.05, 3.63) is 139 Å². The third-order valence-corrected chi connectivity index (χ3v) is 12.1. The first-order chi connectivity index (χ1) is 30.0. The monoisotopic (exact) mass is 863 g/mol. The van der Waals surface area contributed by atoms with E-state index in [9.17, 15) is 9.59 Å². The summed E-state index contributed by atoms with van der Waals surface area (Å²) in [5.41, 5.74) is 15.5. The van der Waals surface area contributed by atoms with Crippen LogP contribution in [0, 0.1) is 0 Å². The first kappa shape index (κ1) is 56.8. The molecule has 0 spiro atoms. The van der Waals surface area contributed by atoms with E-state index in [1.54, 1.807) is 6.92 Å². The molecule has 1 rings (SSSR count). The number of allylic oxidation sites excluding steroid dienone is 22. The maximum Gasteiger partial charge on any atom is 0.228 e. The summed E-state index contributed by atoms with van der Waals surface area (Å²) in [6, 6.07) is 0. The van der Waals surface area contributed by atoms with Crippen LogP contribution in [0.3, 0.4) is 0 Å². The lowest BCUT2D eigenvalue weighted by atomic mass is 9.90. The largest absolute Gasteiger partial charge is 0.489 e. The standard InChI is InChI=1S/C59H90O4/c1-44(2)24-15-25-45(3)26-16-27-46(4)28-17-29-47(5)30-18-31-48(6)32-19-33-49(7)34-20-35-50(8)36-21-37-51(9)38-22-39-52(10)40-23-41-53(11)42-43-55-54(12)56(60)58(62-13)59(63-14)57(55)61/h24,26,28,30,32,34,36,38,40,42H,15-23,25,27,29,31,33,35,37,39,41,43H2,1-14H3/b45-26-,46-28+,47-30+,48-32+,49-34+,50-36+,51-38+,52-40+,53-42+. The summed E-state index contributed by atoms with van der Waals surface area (Å²) < 4.78 is 10.3. The van der Waals surface area contributed by atoms with Gasteiger partial charge in [0, 0.05) is 11.1 Å². The molecule has 4 heteroatoms. The molecule has 350 valence electrons. The van der Waals surface area contributed by atoms with E-state index in [1.807, 2.05) is 0 Å². The van der Waals surface area contributed by atoms with Crippen molar-refractivity contribution in [2.45, 2.75) is 205 Å².